The highest BCUT2D eigenvalue weighted by molar-refractivity contribution is 5.44. The Kier molecular flexibility index (Phi) is 4.31. The predicted molar refractivity (Wildman–Crippen MR) is 76.6 cm³/mol. The van der Waals surface area contributed by atoms with Crippen molar-refractivity contribution in [2.75, 3.05) is 7.11 Å². The van der Waals surface area contributed by atoms with Gasteiger partial charge in [0.25, 0.3) is 0 Å². The van der Waals surface area contributed by atoms with Crippen LogP contribution in [0.2, 0.25) is 0 Å². The third-order valence-corrected chi connectivity index (χ3v) is 3.23. The van der Waals surface area contributed by atoms with E-state index in [2.05, 4.69) is 30.1 Å². The molecule has 4 heteroatoms. The zero-order valence-corrected chi connectivity index (χ0v) is 11.9. The van der Waals surface area contributed by atoms with Gasteiger partial charge in [-0.1, -0.05) is 26.0 Å². The number of nitriles is 1. The number of benzene rings is 1. The van der Waals surface area contributed by atoms with E-state index in [0.717, 1.165) is 16.9 Å². The summed E-state index contributed by atoms with van der Waals surface area (Å²) in [5.74, 6) is 0.762. The van der Waals surface area contributed by atoms with Gasteiger partial charge in [0.15, 0.2) is 0 Å². The van der Waals surface area contributed by atoms with Crippen LogP contribution in [0.5, 0.6) is 5.75 Å². The van der Waals surface area contributed by atoms with Gasteiger partial charge in [0.1, 0.15) is 11.7 Å². The maximum absolute atomic E-state index is 9.44. The van der Waals surface area contributed by atoms with Crippen molar-refractivity contribution in [2.45, 2.75) is 25.7 Å². The number of hydrogen-bond acceptors (Lipinski definition) is 4. The van der Waals surface area contributed by atoms with Crippen molar-refractivity contribution in [1.82, 2.24) is 10.2 Å². The lowest BCUT2D eigenvalue weighted by atomic mass is 9.92. The monoisotopic (exact) mass is 267 g/mol. The van der Waals surface area contributed by atoms with Crippen LogP contribution < -0.4 is 4.74 Å². The molecule has 1 aromatic carbocycles. The standard InChI is InChI=1S/C16H17N3O/c1-11(2)13-9-12(6-7-16(13)20-3)14(10-17)15-5-4-8-18-19-15/h4-9,11,14H,1-3H3. The highest BCUT2D eigenvalue weighted by Gasteiger charge is 2.18. The lowest BCUT2D eigenvalue weighted by Gasteiger charge is -2.15. The van der Waals surface area contributed by atoms with Crippen LogP contribution in [-0.4, -0.2) is 17.3 Å². The normalized spacial score (nSPS) is 11.9. The van der Waals surface area contributed by atoms with Gasteiger partial charge in [-0.15, -0.1) is 0 Å². The summed E-state index contributed by atoms with van der Waals surface area (Å²) in [4.78, 5) is 0. The maximum Gasteiger partial charge on any atom is 0.122 e. The molecule has 0 N–H and O–H groups in total. The molecule has 1 atom stereocenters. The van der Waals surface area contributed by atoms with E-state index in [1.54, 1.807) is 19.4 Å². The average Bonchev–Trinajstić information content (AvgIpc) is 2.49. The summed E-state index contributed by atoms with van der Waals surface area (Å²) < 4.78 is 5.37. The molecule has 0 fully saturated rings. The quantitative estimate of drug-likeness (QED) is 0.853. The van der Waals surface area contributed by atoms with Gasteiger partial charge in [-0.25, -0.2) is 0 Å². The van der Waals surface area contributed by atoms with Gasteiger partial charge in [-0.2, -0.15) is 15.5 Å². The predicted octanol–water partition coefficient (Wildman–Crippen LogP) is 3.26. The van der Waals surface area contributed by atoms with E-state index in [-0.39, 0.29) is 0 Å². The molecule has 0 radical (unpaired) electrons. The summed E-state index contributed by atoms with van der Waals surface area (Å²) >= 11 is 0. The fourth-order valence-corrected chi connectivity index (χ4v) is 2.16. The topological polar surface area (TPSA) is 58.8 Å². The number of hydrogen-bond donors (Lipinski definition) is 0. The zero-order valence-electron chi connectivity index (χ0n) is 11.9. The molecular formula is C16H17N3O. The first-order valence-electron chi connectivity index (χ1n) is 6.52. The van der Waals surface area contributed by atoms with Crippen LogP contribution >= 0.6 is 0 Å². The van der Waals surface area contributed by atoms with Gasteiger partial charge in [0.2, 0.25) is 0 Å². The van der Waals surface area contributed by atoms with Crippen LogP contribution in [0, 0.1) is 11.3 Å². The van der Waals surface area contributed by atoms with Gasteiger partial charge in [0.05, 0.1) is 18.9 Å². The molecule has 102 valence electrons. The van der Waals surface area contributed by atoms with Crippen LogP contribution in [0.25, 0.3) is 0 Å². The summed E-state index contributed by atoms with van der Waals surface area (Å²) in [7, 11) is 1.66. The minimum atomic E-state index is -0.410. The zero-order chi connectivity index (χ0) is 14.5. The van der Waals surface area contributed by atoms with Crippen LogP contribution in [0.15, 0.2) is 36.5 Å². The van der Waals surface area contributed by atoms with Gasteiger partial charge < -0.3 is 4.74 Å². The highest BCUT2D eigenvalue weighted by Crippen LogP contribution is 2.31. The van der Waals surface area contributed by atoms with E-state index in [4.69, 9.17) is 4.74 Å². The fourth-order valence-electron chi connectivity index (χ4n) is 2.16. The van der Waals surface area contributed by atoms with Crippen molar-refractivity contribution in [1.29, 1.82) is 5.26 Å². The van der Waals surface area contributed by atoms with Crippen molar-refractivity contribution in [3.05, 3.63) is 53.3 Å². The Morgan fingerprint density at radius 1 is 1.25 bits per heavy atom. The summed E-state index contributed by atoms with van der Waals surface area (Å²) in [6, 6.07) is 11.7. The summed E-state index contributed by atoms with van der Waals surface area (Å²) in [5.41, 5.74) is 2.67. The summed E-state index contributed by atoms with van der Waals surface area (Å²) in [6.07, 6.45) is 1.60. The molecule has 1 aromatic heterocycles. The van der Waals surface area contributed by atoms with Gasteiger partial charge in [-0.05, 0) is 35.2 Å². The first-order valence-corrected chi connectivity index (χ1v) is 6.52. The molecule has 0 amide bonds. The largest absolute Gasteiger partial charge is 0.496 e. The SMILES string of the molecule is COc1ccc(C(C#N)c2cccnn2)cc1C(C)C. The van der Waals surface area contributed by atoms with Crippen LogP contribution in [-0.2, 0) is 0 Å². The Bertz CT molecular complexity index is 617. The van der Waals surface area contributed by atoms with Crippen molar-refractivity contribution in [3.63, 3.8) is 0 Å². The number of ether oxygens (including phenoxy) is 1. The third-order valence-electron chi connectivity index (χ3n) is 3.23. The second-order valence-corrected chi connectivity index (χ2v) is 4.87. The van der Waals surface area contributed by atoms with E-state index >= 15 is 0 Å². The van der Waals surface area contributed by atoms with Crippen molar-refractivity contribution >= 4 is 0 Å². The molecule has 20 heavy (non-hydrogen) atoms. The second-order valence-electron chi connectivity index (χ2n) is 4.87. The lowest BCUT2D eigenvalue weighted by molar-refractivity contribution is 0.407. The Morgan fingerprint density at radius 3 is 2.60 bits per heavy atom. The van der Waals surface area contributed by atoms with Gasteiger partial charge in [-0.3, -0.25) is 0 Å². The molecule has 2 aromatic rings. The maximum atomic E-state index is 9.44. The summed E-state index contributed by atoms with van der Waals surface area (Å²) in [6.45, 7) is 4.21. The summed E-state index contributed by atoms with van der Waals surface area (Å²) in [5, 5.41) is 17.3. The van der Waals surface area contributed by atoms with Crippen molar-refractivity contribution < 1.29 is 4.74 Å². The second kappa shape index (κ2) is 6.16. The molecule has 0 aliphatic rings. The molecule has 0 bridgehead atoms. The molecule has 4 nitrogen and oxygen atoms in total. The van der Waals surface area contributed by atoms with Gasteiger partial charge >= 0.3 is 0 Å². The van der Waals surface area contributed by atoms with Crippen molar-refractivity contribution in [3.8, 4) is 11.8 Å². The molecular weight excluding hydrogens is 250 g/mol. The molecule has 1 heterocycles. The van der Waals surface area contributed by atoms with E-state index in [1.807, 2.05) is 24.3 Å². The third kappa shape index (κ3) is 2.77. The van der Waals surface area contributed by atoms with Crippen molar-refractivity contribution in [2.24, 2.45) is 0 Å². The molecule has 0 aliphatic heterocycles. The highest BCUT2D eigenvalue weighted by atomic mass is 16.5. The van der Waals surface area contributed by atoms with E-state index < -0.39 is 5.92 Å². The Hall–Kier alpha value is -2.41. The first-order chi connectivity index (χ1) is 9.67. The van der Waals surface area contributed by atoms with Crippen LogP contribution in [0.4, 0.5) is 0 Å². The number of nitrogens with zero attached hydrogens (tertiary/aromatic N) is 3. The molecule has 0 aliphatic carbocycles. The van der Waals surface area contributed by atoms with Crippen LogP contribution in [0.3, 0.4) is 0 Å². The molecule has 0 saturated heterocycles. The Balaban J connectivity index is 2.47. The minimum absolute atomic E-state index is 0.325. The molecule has 0 saturated carbocycles. The smallest absolute Gasteiger partial charge is 0.122 e. The van der Waals surface area contributed by atoms with E-state index in [1.165, 1.54) is 0 Å². The fraction of sp³-hybridized carbons (Fsp3) is 0.312. The average molecular weight is 267 g/mol. The number of methoxy groups -OCH3 is 1. The van der Waals surface area contributed by atoms with E-state index in [0.29, 0.717) is 11.6 Å². The Morgan fingerprint density at radius 2 is 2.05 bits per heavy atom. The molecule has 2 rings (SSSR count). The lowest BCUT2D eigenvalue weighted by Crippen LogP contribution is -2.04. The molecule has 1 unspecified atom stereocenters. The first kappa shape index (κ1) is 14.0. The van der Waals surface area contributed by atoms with E-state index in [9.17, 15) is 5.26 Å². The minimum Gasteiger partial charge on any atom is -0.496 e. The Labute approximate surface area is 119 Å². The number of rotatable bonds is 4. The van der Waals surface area contributed by atoms with Crippen LogP contribution in [0.1, 0.15) is 42.5 Å². The van der Waals surface area contributed by atoms with Gasteiger partial charge in [0, 0.05) is 6.20 Å². The number of aromatic nitrogens is 2. The molecule has 0 spiro atoms.